The van der Waals surface area contributed by atoms with Crippen LogP contribution in [-0.4, -0.2) is 17.2 Å². The molecule has 0 saturated carbocycles. The third-order valence-electron chi connectivity index (χ3n) is 3.89. The maximum absolute atomic E-state index is 13.8. The second kappa shape index (κ2) is 7.23. The first-order chi connectivity index (χ1) is 11.7. The highest BCUT2D eigenvalue weighted by molar-refractivity contribution is 5.87. The number of carbonyl (C=O) groups is 1. The van der Waals surface area contributed by atoms with Gasteiger partial charge in [0.2, 0.25) is 0 Å². The Balaban J connectivity index is 2.28. The van der Waals surface area contributed by atoms with Crippen LogP contribution in [0.2, 0.25) is 0 Å². The Kier molecular flexibility index (Phi) is 5.47. The van der Waals surface area contributed by atoms with Crippen LogP contribution in [0.15, 0.2) is 48.5 Å². The molecule has 2 N–H and O–H groups in total. The monoisotopic (exact) mass is 355 g/mol. The van der Waals surface area contributed by atoms with Crippen molar-refractivity contribution in [3.63, 3.8) is 0 Å². The maximum atomic E-state index is 13.8. The Labute approximate surface area is 142 Å². The zero-order chi connectivity index (χ0) is 18.7. The summed E-state index contributed by atoms with van der Waals surface area (Å²) in [5.41, 5.74) is -3.50. The Morgan fingerprint density at radius 1 is 1.12 bits per heavy atom. The van der Waals surface area contributed by atoms with Crippen LogP contribution >= 0.6 is 0 Å². The molecule has 0 bridgehead atoms. The van der Waals surface area contributed by atoms with E-state index >= 15 is 0 Å². The highest BCUT2D eigenvalue weighted by atomic mass is 19.4. The molecule has 2 rings (SSSR count). The smallest absolute Gasteiger partial charge is 0.369 e. The number of hydrogen-bond acceptors (Lipinski definition) is 2. The van der Waals surface area contributed by atoms with Crippen LogP contribution < -0.4 is 5.32 Å². The van der Waals surface area contributed by atoms with Crippen molar-refractivity contribution in [3.8, 4) is 0 Å². The molecule has 25 heavy (non-hydrogen) atoms. The molecule has 2 aromatic rings. The number of alkyl halides is 3. The van der Waals surface area contributed by atoms with Gasteiger partial charge in [-0.15, -0.1) is 0 Å². The standard InChI is InChI=1S/C18H17F4NO2/c1-2-12-8-9-15(19)13(10-12)11-23-16(24)17(25,18(20,21)22)14-6-4-3-5-7-14/h3-10,25H,2,11H2,1H3,(H,23,24)/t17-/m1/s1. The summed E-state index contributed by atoms with van der Waals surface area (Å²) >= 11 is 0. The first-order valence-corrected chi connectivity index (χ1v) is 7.60. The minimum absolute atomic E-state index is 0.0466. The van der Waals surface area contributed by atoms with Crippen LogP contribution in [0.3, 0.4) is 0 Å². The van der Waals surface area contributed by atoms with E-state index in [1.807, 2.05) is 12.2 Å². The molecule has 0 aliphatic rings. The third kappa shape index (κ3) is 3.82. The highest BCUT2D eigenvalue weighted by Gasteiger charge is 2.60. The van der Waals surface area contributed by atoms with Gasteiger partial charge in [-0.2, -0.15) is 13.2 Å². The fraction of sp³-hybridized carbons (Fsp3) is 0.278. The first kappa shape index (κ1) is 18.9. The second-order valence-corrected chi connectivity index (χ2v) is 5.54. The van der Waals surface area contributed by atoms with E-state index in [4.69, 9.17) is 0 Å². The molecular formula is C18H17F4NO2. The Bertz CT molecular complexity index is 746. The molecular weight excluding hydrogens is 338 g/mol. The van der Waals surface area contributed by atoms with Crippen molar-refractivity contribution in [2.24, 2.45) is 0 Å². The maximum Gasteiger partial charge on any atom is 0.430 e. The van der Waals surface area contributed by atoms with Gasteiger partial charge in [0.1, 0.15) is 5.82 Å². The van der Waals surface area contributed by atoms with E-state index in [1.54, 1.807) is 6.07 Å². The molecule has 0 aromatic heterocycles. The lowest BCUT2D eigenvalue weighted by Gasteiger charge is -2.29. The van der Waals surface area contributed by atoms with Crippen molar-refractivity contribution >= 4 is 5.91 Å². The normalized spacial score (nSPS) is 14.0. The number of carbonyl (C=O) groups excluding carboxylic acids is 1. The van der Waals surface area contributed by atoms with Crippen molar-refractivity contribution in [2.75, 3.05) is 0 Å². The van der Waals surface area contributed by atoms with Crippen LogP contribution in [0.1, 0.15) is 23.6 Å². The van der Waals surface area contributed by atoms with E-state index < -0.39 is 35.6 Å². The summed E-state index contributed by atoms with van der Waals surface area (Å²) < 4.78 is 53.9. The number of aliphatic hydroxyl groups is 1. The summed E-state index contributed by atoms with van der Waals surface area (Å²) in [7, 11) is 0. The minimum Gasteiger partial charge on any atom is -0.369 e. The zero-order valence-electron chi connectivity index (χ0n) is 13.4. The molecule has 134 valence electrons. The summed E-state index contributed by atoms with van der Waals surface area (Å²) in [5.74, 6) is -2.31. The summed E-state index contributed by atoms with van der Waals surface area (Å²) in [4.78, 5) is 12.1. The van der Waals surface area contributed by atoms with Gasteiger partial charge < -0.3 is 10.4 Å². The first-order valence-electron chi connectivity index (χ1n) is 7.60. The van der Waals surface area contributed by atoms with Gasteiger partial charge >= 0.3 is 6.18 Å². The van der Waals surface area contributed by atoms with Crippen LogP contribution in [0.5, 0.6) is 0 Å². The van der Waals surface area contributed by atoms with Crippen molar-refractivity contribution in [2.45, 2.75) is 31.7 Å². The minimum atomic E-state index is -5.23. The third-order valence-corrected chi connectivity index (χ3v) is 3.89. The fourth-order valence-electron chi connectivity index (χ4n) is 2.39. The van der Waals surface area contributed by atoms with E-state index in [0.29, 0.717) is 6.42 Å². The van der Waals surface area contributed by atoms with Crippen LogP contribution in [0.25, 0.3) is 0 Å². The predicted molar refractivity (Wildman–Crippen MR) is 84.0 cm³/mol. The van der Waals surface area contributed by atoms with E-state index in [1.165, 1.54) is 30.3 Å². The van der Waals surface area contributed by atoms with Gasteiger partial charge in [-0.3, -0.25) is 4.79 Å². The summed E-state index contributed by atoms with van der Waals surface area (Å²) in [6.45, 7) is 1.37. The van der Waals surface area contributed by atoms with Crippen LogP contribution in [0, 0.1) is 5.82 Å². The molecule has 1 atom stereocenters. The number of amides is 1. The molecule has 0 radical (unpaired) electrons. The van der Waals surface area contributed by atoms with Gasteiger partial charge in [-0.05, 0) is 18.1 Å². The van der Waals surface area contributed by atoms with Gasteiger partial charge in [0.25, 0.3) is 11.5 Å². The molecule has 3 nitrogen and oxygen atoms in total. The molecule has 0 unspecified atom stereocenters. The molecule has 1 amide bonds. The van der Waals surface area contributed by atoms with E-state index in [9.17, 15) is 27.5 Å². The summed E-state index contributed by atoms with van der Waals surface area (Å²) in [6, 6.07) is 10.2. The number of aryl methyl sites for hydroxylation is 1. The number of benzene rings is 2. The molecule has 0 aliphatic heterocycles. The summed E-state index contributed by atoms with van der Waals surface area (Å²) in [5, 5.41) is 12.1. The van der Waals surface area contributed by atoms with E-state index in [2.05, 4.69) is 0 Å². The molecule has 0 heterocycles. The number of rotatable bonds is 5. The van der Waals surface area contributed by atoms with Crippen LogP contribution in [0.4, 0.5) is 17.6 Å². The molecule has 7 heteroatoms. The molecule has 2 aromatic carbocycles. The Morgan fingerprint density at radius 2 is 1.76 bits per heavy atom. The SMILES string of the molecule is CCc1ccc(F)c(CNC(=O)[C@](O)(c2ccccc2)C(F)(F)F)c1. The van der Waals surface area contributed by atoms with E-state index in [0.717, 1.165) is 17.7 Å². The van der Waals surface area contributed by atoms with Gasteiger partial charge in [0.15, 0.2) is 0 Å². The number of halogens is 4. The second-order valence-electron chi connectivity index (χ2n) is 5.54. The van der Waals surface area contributed by atoms with Gasteiger partial charge in [-0.25, -0.2) is 4.39 Å². The average molecular weight is 355 g/mol. The predicted octanol–water partition coefficient (Wildman–Crippen LogP) is 3.45. The molecule has 0 fully saturated rings. The lowest BCUT2D eigenvalue weighted by atomic mass is 9.92. The van der Waals surface area contributed by atoms with Crippen molar-refractivity contribution < 1.29 is 27.5 Å². The Morgan fingerprint density at radius 3 is 2.32 bits per heavy atom. The lowest BCUT2D eigenvalue weighted by Crippen LogP contribution is -2.54. The van der Waals surface area contributed by atoms with Gasteiger partial charge in [0, 0.05) is 17.7 Å². The zero-order valence-corrected chi connectivity index (χ0v) is 13.4. The van der Waals surface area contributed by atoms with Crippen molar-refractivity contribution in [3.05, 3.63) is 71.0 Å². The van der Waals surface area contributed by atoms with Crippen LogP contribution in [-0.2, 0) is 23.4 Å². The largest absolute Gasteiger partial charge is 0.430 e. The van der Waals surface area contributed by atoms with Crippen molar-refractivity contribution in [1.29, 1.82) is 0 Å². The van der Waals surface area contributed by atoms with Gasteiger partial charge in [-0.1, -0.05) is 49.4 Å². The molecule has 0 saturated heterocycles. The molecule has 0 spiro atoms. The highest BCUT2D eigenvalue weighted by Crippen LogP contribution is 2.39. The fourth-order valence-corrected chi connectivity index (χ4v) is 2.39. The van der Waals surface area contributed by atoms with E-state index in [-0.39, 0.29) is 5.56 Å². The number of hydrogen-bond donors (Lipinski definition) is 2. The number of nitrogens with one attached hydrogen (secondary N) is 1. The molecule has 0 aliphatic carbocycles. The van der Waals surface area contributed by atoms with Crippen molar-refractivity contribution in [1.82, 2.24) is 5.32 Å². The Hall–Kier alpha value is -2.41. The topological polar surface area (TPSA) is 49.3 Å². The van der Waals surface area contributed by atoms with Gasteiger partial charge in [0.05, 0.1) is 0 Å². The lowest BCUT2D eigenvalue weighted by molar-refractivity contribution is -0.257. The summed E-state index contributed by atoms with van der Waals surface area (Å²) in [6.07, 6.45) is -4.63. The quantitative estimate of drug-likeness (QED) is 0.807. The average Bonchev–Trinajstić information content (AvgIpc) is 2.59.